The number of ether oxygens (including phenoxy) is 2. The van der Waals surface area contributed by atoms with Crippen molar-refractivity contribution in [3.63, 3.8) is 0 Å². The fourth-order valence-corrected chi connectivity index (χ4v) is 2.38. The first-order valence-electron chi connectivity index (χ1n) is 6.74. The Hall–Kier alpha value is -1.71. The molecule has 1 fully saturated rings. The third kappa shape index (κ3) is 3.63. The highest BCUT2D eigenvalue weighted by molar-refractivity contribution is 5.78. The molecule has 104 valence electrons. The summed E-state index contributed by atoms with van der Waals surface area (Å²) in [5, 5.41) is 0. The minimum Gasteiger partial charge on any atom is -0.493 e. The maximum absolute atomic E-state index is 12.1. The van der Waals surface area contributed by atoms with Crippen LogP contribution in [0.2, 0.25) is 0 Å². The summed E-state index contributed by atoms with van der Waals surface area (Å²) in [4.78, 5) is 14.0. The van der Waals surface area contributed by atoms with Gasteiger partial charge in [-0.3, -0.25) is 4.79 Å². The number of methoxy groups -OCH3 is 1. The monoisotopic (exact) mass is 263 g/mol. The van der Waals surface area contributed by atoms with E-state index in [1.807, 2.05) is 29.2 Å². The Morgan fingerprint density at radius 1 is 1.37 bits per heavy atom. The Morgan fingerprint density at radius 3 is 2.79 bits per heavy atom. The molecular formula is C15H21NO3. The summed E-state index contributed by atoms with van der Waals surface area (Å²) < 4.78 is 10.8. The Morgan fingerprint density at radius 2 is 2.11 bits per heavy atom. The lowest BCUT2D eigenvalue weighted by Gasteiger charge is -2.30. The number of piperidine rings is 1. The topological polar surface area (TPSA) is 38.8 Å². The standard InChI is InChI=1S/C15H21NO3/c1-12-6-5-9-16(10-12)15(17)11-19-14-8-4-3-7-13(14)18-2/h3-4,7-8,12H,5-6,9-11H2,1-2H3/t12-/m0/s1. The van der Waals surface area contributed by atoms with E-state index < -0.39 is 0 Å². The molecule has 1 atom stereocenters. The van der Waals surface area contributed by atoms with E-state index >= 15 is 0 Å². The quantitative estimate of drug-likeness (QED) is 0.837. The summed E-state index contributed by atoms with van der Waals surface area (Å²) in [6, 6.07) is 7.37. The molecule has 1 heterocycles. The summed E-state index contributed by atoms with van der Waals surface area (Å²) in [5.74, 6) is 1.91. The van der Waals surface area contributed by atoms with E-state index in [9.17, 15) is 4.79 Å². The number of likely N-dealkylation sites (tertiary alicyclic amines) is 1. The third-order valence-corrected chi connectivity index (χ3v) is 3.43. The SMILES string of the molecule is COc1ccccc1OCC(=O)N1CCC[C@H](C)C1. The summed E-state index contributed by atoms with van der Waals surface area (Å²) in [5.41, 5.74) is 0. The molecule has 1 saturated heterocycles. The molecule has 0 N–H and O–H groups in total. The highest BCUT2D eigenvalue weighted by Crippen LogP contribution is 2.25. The second-order valence-corrected chi connectivity index (χ2v) is 5.03. The maximum Gasteiger partial charge on any atom is 0.260 e. The molecule has 2 rings (SSSR count). The average molecular weight is 263 g/mol. The summed E-state index contributed by atoms with van der Waals surface area (Å²) in [7, 11) is 1.59. The van der Waals surface area contributed by atoms with Crippen LogP contribution >= 0.6 is 0 Å². The van der Waals surface area contributed by atoms with Gasteiger partial charge in [0.2, 0.25) is 0 Å². The zero-order valence-electron chi connectivity index (χ0n) is 11.6. The fraction of sp³-hybridized carbons (Fsp3) is 0.533. The number of nitrogens with zero attached hydrogens (tertiary/aromatic N) is 1. The summed E-state index contributed by atoms with van der Waals surface area (Å²) in [6.45, 7) is 3.94. The van der Waals surface area contributed by atoms with Gasteiger partial charge in [0.25, 0.3) is 5.91 Å². The molecule has 0 saturated carbocycles. The summed E-state index contributed by atoms with van der Waals surface area (Å²) in [6.07, 6.45) is 2.29. The molecular weight excluding hydrogens is 242 g/mol. The van der Waals surface area contributed by atoms with Crippen LogP contribution in [0.4, 0.5) is 0 Å². The molecule has 0 aromatic heterocycles. The smallest absolute Gasteiger partial charge is 0.260 e. The predicted molar refractivity (Wildman–Crippen MR) is 73.5 cm³/mol. The van der Waals surface area contributed by atoms with E-state index in [0.29, 0.717) is 17.4 Å². The molecule has 0 unspecified atom stereocenters. The van der Waals surface area contributed by atoms with Crippen LogP contribution in [0.5, 0.6) is 11.5 Å². The van der Waals surface area contributed by atoms with Crippen LogP contribution in [0.3, 0.4) is 0 Å². The molecule has 4 nitrogen and oxygen atoms in total. The van der Waals surface area contributed by atoms with Crippen molar-refractivity contribution in [2.75, 3.05) is 26.8 Å². The first kappa shape index (κ1) is 13.7. The Balaban J connectivity index is 1.89. The van der Waals surface area contributed by atoms with Gasteiger partial charge in [0, 0.05) is 13.1 Å². The molecule has 0 bridgehead atoms. The minimum atomic E-state index is 0.0532. The van der Waals surface area contributed by atoms with Crippen LogP contribution in [0.25, 0.3) is 0 Å². The van der Waals surface area contributed by atoms with Gasteiger partial charge in [-0.05, 0) is 30.9 Å². The highest BCUT2D eigenvalue weighted by atomic mass is 16.5. The van der Waals surface area contributed by atoms with Gasteiger partial charge in [-0.2, -0.15) is 0 Å². The molecule has 1 amide bonds. The van der Waals surface area contributed by atoms with Gasteiger partial charge in [0.15, 0.2) is 18.1 Å². The van der Waals surface area contributed by atoms with Crippen LogP contribution in [0.15, 0.2) is 24.3 Å². The van der Waals surface area contributed by atoms with Crippen LogP contribution in [0, 0.1) is 5.92 Å². The maximum atomic E-state index is 12.1. The predicted octanol–water partition coefficient (Wildman–Crippen LogP) is 2.33. The van der Waals surface area contributed by atoms with Crippen molar-refractivity contribution >= 4 is 5.91 Å². The van der Waals surface area contributed by atoms with E-state index in [-0.39, 0.29) is 12.5 Å². The minimum absolute atomic E-state index is 0.0532. The van der Waals surface area contributed by atoms with E-state index in [0.717, 1.165) is 19.5 Å². The molecule has 1 aromatic carbocycles. The van der Waals surface area contributed by atoms with Gasteiger partial charge in [0.1, 0.15) is 0 Å². The van der Waals surface area contributed by atoms with Crippen LogP contribution in [0.1, 0.15) is 19.8 Å². The molecule has 0 radical (unpaired) electrons. The van der Waals surface area contributed by atoms with Crippen LogP contribution < -0.4 is 9.47 Å². The number of carbonyl (C=O) groups excluding carboxylic acids is 1. The molecule has 0 spiro atoms. The van der Waals surface area contributed by atoms with Crippen molar-refractivity contribution < 1.29 is 14.3 Å². The third-order valence-electron chi connectivity index (χ3n) is 3.43. The Labute approximate surface area is 114 Å². The number of hydrogen-bond acceptors (Lipinski definition) is 3. The van der Waals surface area contributed by atoms with Crippen molar-refractivity contribution in [3.05, 3.63) is 24.3 Å². The van der Waals surface area contributed by atoms with E-state index in [4.69, 9.17) is 9.47 Å². The van der Waals surface area contributed by atoms with Crippen molar-refractivity contribution in [1.82, 2.24) is 4.90 Å². The molecule has 0 aliphatic carbocycles. The fourth-order valence-electron chi connectivity index (χ4n) is 2.38. The van der Waals surface area contributed by atoms with E-state index in [1.54, 1.807) is 7.11 Å². The Kier molecular flexibility index (Phi) is 4.66. The van der Waals surface area contributed by atoms with Crippen LogP contribution in [-0.2, 0) is 4.79 Å². The number of carbonyl (C=O) groups is 1. The number of rotatable bonds is 4. The number of amides is 1. The lowest BCUT2D eigenvalue weighted by Crippen LogP contribution is -2.41. The number of benzene rings is 1. The van der Waals surface area contributed by atoms with Crippen LogP contribution in [-0.4, -0.2) is 37.6 Å². The zero-order valence-corrected chi connectivity index (χ0v) is 11.6. The van der Waals surface area contributed by atoms with Crippen molar-refractivity contribution in [2.24, 2.45) is 5.92 Å². The normalized spacial score (nSPS) is 19.1. The molecule has 1 aliphatic rings. The Bertz CT molecular complexity index is 433. The highest BCUT2D eigenvalue weighted by Gasteiger charge is 2.21. The van der Waals surface area contributed by atoms with Crippen molar-refractivity contribution in [2.45, 2.75) is 19.8 Å². The first-order chi connectivity index (χ1) is 9.20. The van der Waals surface area contributed by atoms with E-state index in [2.05, 4.69) is 6.92 Å². The van der Waals surface area contributed by atoms with Gasteiger partial charge in [0.05, 0.1) is 7.11 Å². The molecule has 19 heavy (non-hydrogen) atoms. The number of para-hydroxylation sites is 2. The largest absolute Gasteiger partial charge is 0.493 e. The molecule has 1 aromatic rings. The lowest BCUT2D eigenvalue weighted by molar-refractivity contribution is -0.135. The molecule has 4 heteroatoms. The van der Waals surface area contributed by atoms with Gasteiger partial charge in [-0.1, -0.05) is 19.1 Å². The van der Waals surface area contributed by atoms with Gasteiger partial charge in [-0.15, -0.1) is 0 Å². The van der Waals surface area contributed by atoms with Gasteiger partial charge >= 0.3 is 0 Å². The van der Waals surface area contributed by atoms with E-state index in [1.165, 1.54) is 6.42 Å². The summed E-state index contributed by atoms with van der Waals surface area (Å²) >= 11 is 0. The van der Waals surface area contributed by atoms with Crippen molar-refractivity contribution in [1.29, 1.82) is 0 Å². The molecule has 1 aliphatic heterocycles. The number of hydrogen-bond donors (Lipinski definition) is 0. The second-order valence-electron chi connectivity index (χ2n) is 5.03. The lowest BCUT2D eigenvalue weighted by atomic mass is 10.0. The van der Waals surface area contributed by atoms with Crippen molar-refractivity contribution in [3.8, 4) is 11.5 Å². The van der Waals surface area contributed by atoms with Gasteiger partial charge < -0.3 is 14.4 Å². The second kappa shape index (κ2) is 6.45. The average Bonchev–Trinajstić information content (AvgIpc) is 2.45. The van der Waals surface area contributed by atoms with Gasteiger partial charge in [-0.25, -0.2) is 0 Å². The first-order valence-corrected chi connectivity index (χ1v) is 6.74. The zero-order chi connectivity index (χ0) is 13.7.